The van der Waals surface area contributed by atoms with Gasteiger partial charge in [-0.3, -0.25) is 4.68 Å². The zero-order valence-electron chi connectivity index (χ0n) is 15.0. The topological polar surface area (TPSA) is 86.3 Å². The van der Waals surface area contributed by atoms with Gasteiger partial charge in [0.05, 0.1) is 17.4 Å². The van der Waals surface area contributed by atoms with E-state index >= 15 is 0 Å². The molecule has 0 fully saturated rings. The van der Waals surface area contributed by atoms with Crippen LogP contribution in [-0.4, -0.2) is 34.7 Å². The first-order valence-electron chi connectivity index (χ1n) is 8.52. The third kappa shape index (κ3) is 3.13. The molecule has 1 N–H and O–H groups in total. The second-order valence-corrected chi connectivity index (χ2v) is 6.60. The SMILES string of the molecule is CC(C)Cn1nnc2cc(-c3ccnc(Nc4ccnn4C)n3)ccc21. The Morgan fingerprint density at radius 2 is 2.00 bits per heavy atom. The molecule has 8 heteroatoms. The average molecular weight is 348 g/mol. The van der Waals surface area contributed by atoms with E-state index in [1.54, 1.807) is 17.1 Å². The summed E-state index contributed by atoms with van der Waals surface area (Å²) in [6.07, 6.45) is 3.46. The van der Waals surface area contributed by atoms with Gasteiger partial charge in [-0.2, -0.15) is 5.10 Å². The molecule has 0 saturated carbocycles. The molecule has 0 saturated heterocycles. The Labute approximate surface area is 150 Å². The molecular weight excluding hydrogens is 328 g/mol. The molecule has 0 aliphatic carbocycles. The smallest absolute Gasteiger partial charge is 0.228 e. The van der Waals surface area contributed by atoms with Crippen molar-refractivity contribution in [2.24, 2.45) is 13.0 Å². The highest BCUT2D eigenvalue weighted by molar-refractivity contribution is 5.80. The third-order valence-corrected chi connectivity index (χ3v) is 4.06. The van der Waals surface area contributed by atoms with Crippen LogP contribution < -0.4 is 5.32 Å². The molecule has 0 bridgehead atoms. The fourth-order valence-electron chi connectivity index (χ4n) is 2.80. The number of aryl methyl sites for hydroxylation is 1. The lowest BCUT2D eigenvalue weighted by molar-refractivity contribution is 0.483. The summed E-state index contributed by atoms with van der Waals surface area (Å²) in [5.74, 6) is 1.87. The van der Waals surface area contributed by atoms with Crippen molar-refractivity contribution in [3.05, 3.63) is 42.7 Å². The van der Waals surface area contributed by atoms with E-state index in [4.69, 9.17) is 0 Å². The van der Waals surface area contributed by atoms with E-state index in [0.717, 1.165) is 34.7 Å². The van der Waals surface area contributed by atoms with Crippen LogP contribution in [0, 0.1) is 5.92 Å². The fourth-order valence-corrected chi connectivity index (χ4v) is 2.80. The van der Waals surface area contributed by atoms with Crippen LogP contribution in [0.5, 0.6) is 0 Å². The number of hydrogen-bond donors (Lipinski definition) is 1. The number of aromatic nitrogens is 7. The van der Waals surface area contributed by atoms with Crippen LogP contribution >= 0.6 is 0 Å². The Kier molecular flexibility index (Phi) is 4.08. The summed E-state index contributed by atoms with van der Waals surface area (Å²) >= 11 is 0. The van der Waals surface area contributed by atoms with Crippen molar-refractivity contribution >= 4 is 22.8 Å². The van der Waals surface area contributed by atoms with Gasteiger partial charge >= 0.3 is 0 Å². The molecule has 0 atom stereocenters. The van der Waals surface area contributed by atoms with Crippen molar-refractivity contribution in [2.45, 2.75) is 20.4 Å². The van der Waals surface area contributed by atoms with Crippen LogP contribution in [0.4, 0.5) is 11.8 Å². The summed E-state index contributed by atoms with van der Waals surface area (Å²) in [5, 5.41) is 15.9. The maximum Gasteiger partial charge on any atom is 0.228 e. The van der Waals surface area contributed by atoms with E-state index in [1.807, 2.05) is 42.1 Å². The number of benzene rings is 1. The highest BCUT2D eigenvalue weighted by atomic mass is 15.4. The summed E-state index contributed by atoms with van der Waals surface area (Å²) in [6, 6.07) is 9.85. The Bertz CT molecular complexity index is 1050. The molecule has 0 aliphatic heterocycles. The van der Waals surface area contributed by atoms with Crippen LogP contribution in [0.2, 0.25) is 0 Å². The number of nitrogens with one attached hydrogen (secondary N) is 1. The van der Waals surface area contributed by atoms with Gasteiger partial charge in [0.2, 0.25) is 5.95 Å². The number of fused-ring (bicyclic) bond motifs is 1. The fraction of sp³-hybridized carbons (Fsp3) is 0.278. The molecule has 0 radical (unpaired) electrons. The van der Waals surface area contributed by atoms with Crippen LogP contribution in [0.25, 0.3) is 22.3 Å². The van der Waals surface area contributed by atoms with Gasteiger partial charge in [0, 0.05) is 31.4 Å². The molecular formula is C18H20N8. The number of anilines is 2. The molecule has 1 aromatic carbocycles. The van der Waals surface area contributed by atoms with Gasteiger partial charge in [-0.15, -0.1) is 5.10 Å². The van der Waals surface area contributed by atoms with Gasteiger partial charge in [0.25, 0.3) is 0 Å². The Balaban J connectivity index is 1.65. The van der Waals surface area contributed by atoms with Crippen molar-refractivity contribution in [1.29, 1.82) is 0 Å². The van der Waals surface area contributed by atoms with Crippen LogP contribution in [0.3, 0.4) is 0 Å². The molecule has 0 aliphatic rings. The van der Waals surface area contributed by atoms with Gasteiger partial charge in [-0.05, 0) is 24.1 Å². The molecule has 0 amide bonds. The van der Waals surface area contributed by atoms with E-state index in [2.05, 4.69) is 44.5 Å². The minimum Gasteiger partial charge on any atom is -0.309 e. The Morgan fingerprint density at radius 1 is 1.12 bits per heavy atom. The number of nitrogens with zero attached hydrogens (tertiary/aromatic N) is 7. The first-order chi connectivity index (χ1) is 12.6. The lowest BCUT2D eigenvalue weighted by atomic mass is 10.1. The molecule has 3 heterocycles. The first-order valence-corrected chi connectivity index (χ1v) is 8.52. The summed E-state index contributed by atoms with van der Waals surface area (Å²) < 4.78 is 3.67. The van der Waals surface area contributed by atoms with E-state index in [-0.39, 0.29) is 0 Å². The third-order valence-electron chi connectivity index (χ3n) is 4.06. The highest BCUT2D eigenvalue weighted by Crippen LogP contribution is 2.23. The van der Waals surface area contributed by atoms with Crippen molar-refractivity contribution in [3.63, 3.8) is 0 Å². The van der Waals surface area contributed by atoms with Gasteiger partial charge < -0.3 is 5.32 Å². The quantitative estimate of drug-likeness (QED) is 0.596. The second-order valence-electron chi connectivity index (χ2n) is 6.60. The van der Waals surface area contributed by atoms with E-state index in [9.17, 15) is 0 Å². The lowest BCUT2D eigenvalue weighted by Crippen LogP contribution is -2.05. The van der Waals surface area contributed by atoms with Gasteiger partial charge in [-0.1, -0.05) is 25.1 Å². The first kappa shape index (κ1) is 16.2. The minimum absolute atomic E-state index is 0.516. The zero-order chi connectivity index (χ0) is 18.1. The minimum atomic E-state index is 0.516. The van der Waals surface area contributed by atoms with Gasteiger partial charge in [0.15, 0.2) is 0 Å². The molecule has 4 rings (SSSR count). The van der Waals surface area contributed by atoms with Crippen LogP contribution in [0.1, 0.15) is 13.8 Å². The van der Waals surface area contributed by atoms with Crippen molar-refractivity contribution < 1.29 is 0 Å². The summed E-state index contributed by atoms with van der Waals surface area (Å²) in [6.45, 7) is 5.18. The monoisotopic (exact) mass is 348 g/mol. The second kappa shape index (κ2) is 6.55. The predicted octanol–water partition coefficient (Wildman–Crippen LogP) is 3.02. The maximum absolute atomic E-state index is 4.60. The molecule has 4 aromatic rings. The zero-order valence-corrected chi connectivity index (χ0v) is 15.0. The van der Waals surface area contributed by atoms with Crippen LogP contribution in [0.15, 0.2) is 42.7 Å². The largest absolute Gasteiger partial charge is 0.309 e. The number of rotatable bonds is 5. The summed E-state index contributed by atoms with van der Waals surface area (Å²) in [5.41, 5.74) is 3.70. The molecule has 8 nitrogen and oxygen atoms in total. The van der Waals surface area contributed by atoms with Crippen molar-refractivity contribution in [3.8, 4) is 11.3 Å². The molecule has 0 spiro atoms. The van der Waals surface area contributed by atoms with Crippen molar-refractivity contribution in [2.75, 3.05) is 5.32 Å². The molecule has 3 aromatic heterocycles. The Hall–Kier alpha value is -3.29. The summed E-state index contributed by atoms with van der Waals surface area (Å²) in [4.78, 5) is 8.89. The van der Waals surface area contributed by atoms with E-state index < -0.39 is 0 Å². The van der Waals surface area contributed by atoms with Crippen LogP contribution in [-0.2, 0) is 13.6 Å². The Morgan fingerprint density at radius 3 is 2.77 bits per heavy atom. The van der Waals surface area contributed by atoms with E-state index in [0.29, 0.717) is 11.9 Å². The van der Waals surface area contributed by atoms with Gasteiger partial charge in [0.1, 0.15) is 11.3 Å². The molecule has 0 unspecified atom stereocenters. The van der Waals surface area contributed by atoms with Crippen molar-refractivity contribution in [1.82, 2.24) is 34.7 Å². The molecule has 132 valence electrons. The van der Waals surface area contributed by atoms with Gasteiger partial charge in [-0.25, -0.2) is 14.6 Å². The lowest BCUT2D eigenvalue weighted by Gasteiger charge is -2.07. The normalized spacial score (nSPS) is 11.4. The predicted molar refractivity (Wildman–Crippen MR) is 99.9 cm³/mol. The molecule has 26 heavy (non-hydrogen) atoms. The highest BCUT2D eigenvalue weighted by Gasteiger charge is 2.10. The maximum atomic E-state index is 4.60. The van der Waals surface area contributed by atoms with E-state index in [1.165, 1.54) is 0 Å². The average Bonchev–Trinajstić information content (AvgIpc) is 3.21. The number of hydrogen-bond acceptors (Lipinski definition) is 6. The summed E-state index contributed by atoms with van der Waals surface area (Å²) in [7, 11) is 1.86. The standard InChI is InChI=1S/C18H20N8/c1-12(2)11-26-16-5-4-13(10-15(16)23-24-26)14-6-8-19-18(21-14)22-17-7-9-20-25(17)3/h4-10,12H,11H2,1-3H3,(H,19,21,22).